The molecule has 0 saturated carbocycles. The minimum absolute atomic E-state index is 0.162. The zero-order valence-electron chi connectivity index (χ0n) is 21.5. The molecule has 0 radical (unpaired) electrons. The van der Waals surface area contributed by atoms with Gasteiger partial charge in [0.15, 0.2) is 0 Å². The van der Waals surface area contributed by atoms with Crippen LogP contribution in [-0.2, 0) is 20.9 Å². The van der Waals surface area contributed by atoms with Gasteiger partial charge in [0, 0.05) is 28.6 Å². The first-order valence-electron chi connectivity index (χ1n) is 12.6. The van der Waals surface area contributed by atoms with Gasteiger partial charge in [-0.25, -0.2) is 9.29 Å². The van der Waals surface area contributed by atoms with Crippen molar-refractivity contribution in [1.82, 2.24) is 4.57 Å². The fraction of sp³-hybridized carbons (Fsp3) is 0.143. The molecule has 0 spiro atoms. The molecule has 10 nitrogen and oxygen atoms in total. The maximum atomic E-state index is 13.9. The number of non-ortho nitro benzene ring substituents is 1. The number of rotatable bonds is 6. The van der Waals surface area contributed by atoms with E-state index in [1.807, 2.05) is 0 Å². The minimum Gasteiger partial charge on any atom is -0.324 e. The van der Waals surface area contributed by atoms with Gasteiger partial charge in [-0.15, -0.1) is 0 Å². The number of nitro groups is 1. The Morgan fingerprint density at radius 2 is 1.67 bits per heavy atom. The van der Waals surface area contributed by atoms with Crippen LogP contribution in [0.25, 0.3) is 0 Å². The summed E-state index contributed by atoms with van der Waals surface area (Å²) >= 11 is 13.8. The van der Waals surface area contributed by atoms with Crippen LogP contribution in [0.1, 0.15) is 16.4 Å². The van der Waals surface area contributed by atoms with E-state index in [2.05, 4.69) is 5.32 Å². The second kappa shape index (κ2) is 11.2. The first-order chi connectivity index (χ1) is 20.5. The molecule has 3 heterocycles. The summed E-state index contributed by atoms with van der Waals surface area (Å²) in [4.78, 5) is 65.4. The standard InChI is InChI=1S/C28H17Cl2FN4O6S2/c29-18-10-5-15(11-19(18)30)32-20(36)12-33-27-24(43-28(33)39)21(13-1-3-14(31)4-2-13)22-23(42-27)26(38)34(25(22)37)16-6-8-17(9-7-16)35(40)41/h1-11,21-23H,12H2,(H,32,36)/t21-,22-,23+/m0/s1. The highest BCUT2D eigenvalue weighted by Gasteiger charge is 2.56. The first-order valence-corrected chi connectivity index (χ1v) is 15.0. The quantitative estimate of drug-likeness (QED) is 0.160. The van der Waals surface area contributed by atoms with Crippen LogP contribution in [0.5, 0.6) is 0 Å². The van der Waals surface area contributed by atoms with Gasteiger partial charge in [-0.1, -0.05) is 58.4 Å². The number of hydrogen-bond donors (Lipinski definition) is 1. The molecule has 15 heteroatoms. The molecule has 218 valence electrons. The van der Waals surface area contributed by atoms with Crippen molar-refractivity contribution < 1.29 is 23.7 Å². The monoisotopic (exact) mass is 658 g/mol. The van der Waals surface area contributed by atoms with E-state index in [1.165, 1.54) is 65.2 Å². The summed E-state index contributed by atoms with van der Waals surface area (Å²) in [5.41, 5.74) is 0.835. The summed E-state index contributed by atoms with van der Waals surface area (Å²) in [6.07, 6.45) is 0. The van der Waals surface area contributed by atoms with Crippen molar-refractivity contribution in [3.63, 3.8) is 0 Å². The second-order valence-electron chi connectivity index (χ2n) is 9.68. The fourth-order valence-corrected chi connectivity index (χ4v) is 8.25. The Morgan fingerprint density at radius 3 is 2.33 bits per heavy atom. The molecule has 3 amide bonds. The number of nitrogens with one attached hydrogen (secondary N) is 1. The molecule has 2 aliphatic heterocycles. The number of benzene rings is 3. The number of nitro benzene ring substituents is 1. The summed E-state index contributed by atoms with van der Waals surface area (Å²) in [6.45, 7) is -0.389. The number of thiazole rings is 1. The average Bonchev–Trinajstić information content (AvgIpc) is 3.41. The summed E-state index contributed by atoms with van der Waals surface area (Å²) in [6, 6.07) is 15.0. The number of amides is 3. The number of aromatic nitrogens is 1. The molecular formula is C28H17Cl2FN4O6S2. The number of thioether (sulfide) groups is 1. The molecule has 43 heavy (non-hydrogen) atoms. The van der Waals surface area contributed by atoms with Crippen LogP contribution in [-0.4, -0.2) is 32.5 Å². The van der Waals surface area contributed by atoms with Crippen molar-refractivity contribution in [2.24, 2.45) is 5.92 Å². The van der Waals surface area contributed by atoms with Gasteiger partial charge in [0.2, 0.25) is 17.7 Å². The van der Waals surface area contributed by atoms with Crippen molar-refractivity contribution >= 4 is 81.1 Å². The Labute approximate surface area is 260 Å². The molecule has 4 aromatic rings. The largest absolute Gasteiger partial charge is 0.324 e. The third kappa shape index (κ3) is 5.22. The third-order valence-corrected chi connectivity index (χ3v) is 10.4. The van der Waals surface area contributed by atoms with E-state index in [0.717, 1.165) is 28.0 Å². The molecule has 3 aromatic carbocycles. The van der Waals surface area contributed by atoms with Gasteiger partial charge in [0.25, 0.3) is 5.69 Å². The molecule has 1 fully saturated rings. The number of fused-ring (bicyclic) bond motifs is 2. The zero-order chi connectivity index (χ0) is 30.6. The molecule has 0 aliphatic carbocycles. The second-order valence-corrected chi connectivity index (χ2v) is 12.6. The number of halogens is 3. The van der Waals surface area contributed by atoms with Gasteiger partial charge in [0.05, 0.1) is 31.6 Å². The molecule has 6 rings (SSSR count). The first kappa shape index (κ1) is 29.1. The lowest BCUT2D eigenvalue weighted by molar-refractivity contribution is -0.384. The van der Waals surface area contributed by atoms with E-state index in [1.54, 1.807) is 6.07 Å². The van der Waals surface area contributed by atoms with E-state index < -0.39 is 50.4 Å². The van der Waals surface area contributed by atoms with Crippen molar-refractivity contribution in [3.05, 3.63) is 113 Å². The van der Waals surface area contributed by atoms with Gasteiger partial charge in [-0.05, 0) is 48.0 Å². The highest BCUT2D eigenvalue weighted by Crippen LogP contribution is 2.54. The number of carbonyl (C=O) groups excluding carboxylic acids is 3. The van der Waals surface area contributed by atoms with Gasteiger partial charge in [-0.3, -0.25) is 33.9 Å². The number of hydrogen-bond acceptors (Lipinski definition) is 8. The van der Waals surface area contributed by atoms with Gasteiger partial charge < -0.3 is 5.32 Å². The molecule has 0 unspecified atom stereocenters. The van der Waals surface area contributed by atoms with Crippen LogP contribution in [0.4, 0.5) is 21.5 Å². The normalized spacial score (nSPS) is 19.2. The predicted octanol–water partition coefficient (Wildman–Crippen LogP) is 5.70. The molecule has 2 aliphatic rings. The molecular weight excluding hydrogens is 642 g/mol. The average molecular weight is 660 g/mol. The number of imide groups is 1. The lowest BCUT2D eigenvalue weighted by Crippen LogP contribution is -2.33. The van der Waals surface area contributed by atoms with E-state index in [-0.39, 0.29) is 22.9 Å². The van der Waals surface area contributed by atoms with Crippen molar-refractivity contribution in [3.8, 4) is 0 Å². The summed E-state index contributed by atoms with van der Waals surface area (Å²) < 4.78 is 15.1. The van der Waals surface area contributed by atoms with Crippen molar-refractivity contribution in [2.45, 2.75) is 22.7 Å². The van der Waals surface area contributed by atoms with Gasteiger partial charge >= 0.3 is 4.87 Å². The van der Waals surface area contributed by atoms with E-state index in [0.29, 0.717) is 26.2 Å². The fourth-order valence-electron chi connectivity index (χ4n) is 5.18. The Kier molecular flexibility index (Phi) is 7.59. The Bertz CT molecular complexity index is 1880. The minimum atomic E-state index is -0.983. The Balaban J connectivity index is 1.39. The van der Waals surface area contributed by atoms with Gasteiger partial charge in [-0.2, -0.15) is 0 Å². The van der Waals surface area contributed by atoms with Gasteiger partial charge in [0.1, 0.15) is 17.6 Å². The zero-order valence-corrected chi connectivity index (χ0v) is 24.7. The number of carbonyl (C=O) groups is 3. The van der Waals surface area contributed by atoms with E-state index in [9.17, 15) is 33.7 Å². The lowest BCUT2D eigenvalue weighted by atomic mass is 9.83. The maximum Gasteiger partial charge on any atom is 0.308 e. The van der Waals surface area contributed by atoms with Crippen LogP contribution >= 0.6 is 46.3 Å². The Morgan fingerprint density at radius 1 is 0.977 bits per heavy atom. The number of anilines is 2. The van der Waals surface area contributed by atoms with E-state index in [4.69, 9.17) is 23.2 Å². The third-order valence-electron chi connectivity index (χ3n) is 7.10. The maximum absolute atomic E-state index is 13.9. The molecule has 3 atom stereocenters. The summed E-state index contributed by atoms with van der Waals surface area (Å²) in [7, 11) is 0. The van der Waals surface area contributed by atoms with Crippen LogP contribution in [0.15, 0.2) is 76.6 Å². The molecule has 1 aromatic heterocycles. The smallest absolute Gasteiger partial charge is 0.308 e. The molecule has 1 N–H and O–H groups in total. The lowest BCUT2D eigenvalue weighted by Gasteiger charge is -2.30. The van der Waals surface area contributed by atoms with Crippen LogP contribution in [0, 0.1) is 21.8 Å². The topological polar surface area (TPSA) is 132 Å². The van der Waals surface area contributed by atoms with Crippen molar-refractivity contribution in [2.75, 3.05) is 10.2 Å². The van der Waals surface area contributed by atoms with Crippen molar-refractivity contribution in [1.29, 1.82) is 0 Å². The van der Waals surface area contributed by atoms with E-state index >= 15 is 0 Å². The molecule has 0 bridgehead atoms. The van der Waals surface area contributed by atoms with Crippen LogP contribution in [0.3, 0.4) is 0 Å². The predicted molar refractivity (Wildman–Crippen MR) is 161 cm³/mol. The Hall–Kier alpha value is -4.04. The summed E-state index contributed by atoms with van der Waals surface area (Å²) in [5.74, 6) is -3.92. The highest BCUT2D eigenvalue weighted by molar-refractivity contribution is 8.00. The van der Waals surface area contributed by atoms with Crippen LogP contribution in [0.2, 0.25) is 10.0 Å². The summed E-state index contributed by atoms with van der Waals surface area (Å²) in [5, 5.41) is 13.7. The van der Waals surface area contributed by atoms with Crippen LogP contribution < -0.4 is 15.1 Å². The molecule has 1 saturated heterocycles. The number of nitrogens with zero attached hydrogens (tertiary/aromatic N) is 3. The SMILES string of the molecule is O=C(Cn1c2c(sc1=O)[C@@H](c1ccc(F)cc1)[C@@H]1C(=O)N(c3ccc([N+](=O)[O-])cc3)C(=O)[C@@H]1S2)Nc1ccc(Cl)c(Cl)c1. The highest BCUT2D eigenvalue weighted by atomic mass is 35.5.